The Bertz CT molecular complexity index is 1240. The average molecular weight is 469 g/mol. The highest BCUT2D eigenvalue weighted by Gasteiger charge is 2.16. The molecular formula is C21H18BrFN6O. The van der Waals surface area contributed by atoms with Crippen LogP contribution in [0.4, 0.5) is 15.9 Å². The normalized spacial score (nSPS) is 10.9. The summed E-state index contributed by atoms with van der Waals surface area (Å²) in [5.41, 5.74) is 2.50. The van der Waals surface area contributed by atoms with Crippen LogP contribution in [0, 0.1) is 12.7 Å². The molecule has 0 atom stereocenters. The molecule has 0 aliphatic carbocycles. The largest absolute Gasteiger partial charge is 0.349 e. The van der Waals surface area contributed by atoms with Crippen LogP contribution in [0.5, 0.6) is 0 Å². The van der Waals surface area contributed by atoms with E-state index in [1.54, 1.807) is 42.3 Å². The highest BCUT2D eigenvalue weighted by Crippen LogP contribution is 2.22. The van der Waals surface area contributed by atoms with Crippen molar-refractivity contribution in [2.24, 2.45) is 0 Å². The molecule has 0 unspecified atom stereocenters. The summed E-state index contributed by atoms with van der Waals surface area (Å²) < 4.78 is 16.6. The van der Waals surface area contributed by atoms with Crippen LogP contribution < -0.4 is 10.2 Å². The Kier molecular flexibility index (Phi) is 5.45. The van der Waals surface area contributed by atoms with Gasteiger partial charge in [-0.25, -0.2) is 4.39 Å². The van der Waals surface area contributed by atoms with E-state index < -0.39 is 5.82 Å². The predicted octanol–water partition coefficient (Wildman–Crippen LogP) is 4.08. The number of fused-ring (bicyclic) bond motifs is 1. The molecule has 0 aliphatic heterocycles. The summed E-state index contributed by atoms with van der Waals surface area (Å²) in [5.74, 6) is 0.246. The number of amides is 1. The fourth-order valence-electron chi connectivity index (χ4n) is 3.05. The van der Waals surface area contributed by atoms with Crippen molar-refractivity contribution in [1.29, 1.82) is 0 Å². The minimum Gasteiger partial charge on any atom is -0.349 e. The van der Waals surface area contributed by atoms with Gasteiger partial charge in [-0.2, -0.15) is 4.52 Å². The van der Waals surface area contributed by atoms with Crippen LogP contribution >= 0.6 is 15.9 Å². The van der Waals surface area contributed by atoms with Crippen LogP contribution in [0.25, 0.3) is 17.0 Å². The van der Waals surface area contributed by atoms with E-state index in [9.17, 15) is 9.18 Å². The van der Waals surface area contributed by atoms with E-state index in [1.165, 1.54) is 10.6 Å². The van der Waals surface area contributed by atoms with E-state index in [1.807, 2.05) is 25.1 Å². The number of rotatable bonds is 5. The number of hydrogen-bond acceptors (Lipinski definition) is 5. The highest BCUT2D eigenvalue weighted by molar-refractivity contribution is 9.10. The summed E-state index contributed by atoms with van der Waals surface area (Å²) >= 11 is 3.41. The first kappa shape index (κ1) is 20.0. The number of carbonyl (C=O) groups is 1. The van der Waals surface area contributed by atoms with Gasteiger partial charge in [-0.05, 0) is 55.0 Å². The number of anilines is 2. The smallest absolute Gasteiger partial charge is 0.243 e. The fraction of sp³-hybridized carbons (Fsp3) is 0.143. The lowest BCUT2D eigenvalue weighted by Gasteiger charge is -2.18. The summed E-state index contributed by atoms with van der Waals surface area (Å²) in [5, 5.41) is 15.5. The maximum Gasteiger partial charge on any atom is 0.243 e. The van der Waals surface area contributed by atoms with Crippen molar-refractivity contribution in [1.82, 2.24) is 19.8 Å². The van der Waals surface area contributed by atoms with Gasteiger partial charge in [0.2, 0.25) is 5.91 Å². The quantitative estimate of drug-likeness (QED) is 0.477. The fourth-order valence-corrected chi connectivity index (χ4v) is 3.52. The first-order valence-corrected chi connectivity index (χ1v) is 9.96. The van der Waals surface area contributed by atoms with E-state index in [0.717, 1.165) is 15.7 Å². The van der Waals surface area contributed by atoms with Crippen LogP contribution in [-0.2, 0) is 4.79 Å². The number of likely N-dealkylation sites (N-methyl/N-ethyl adjacent to an activating group) is 1. The van der Waals surface area contributed by atoms with Crippen molar-refractivity contribution in [3.8, 4) is 11.4 Å². The van der Waals surface area contributed by atoms with Gasteiger partial charge in [0.05, 0.1) is 12.1 Å². The third-order valence-electron chi connectivity index (χ3n) is 4.60. The minimum atomic E-state index is -0.406. The Morgan fingerprint density at radius 1 is 1.17 bits per heavy atom. The second-order valence-corrected chi connectivity index (χ2v) is 7.74. The minimum absolute atomic E-state index is 0.0885. The molecule has 1 N–H and O–H groups in total. The Morgan fingerprint density at radius 3 is 2.73 bits per heavy atom. The summed E-state index contributed by atoms with van der Waals surface area (Å²) in [6.07, 6.45) is 0. The maximum absolute atomic E-state index is 14.2. The van der Waals surface area contributed by atoms with Gasteiger partial charge in [0.1, 0.15) is 11.6 Å². The molecule has 2 aromatic heterocycles. The van der Waals surface area contributed by atoms with Crippen molar-refractivity contribution in [3.05, 3.63) is 70.5 Å². The second kappa shape index (κ2) is 8.19. The zero-order valence-corrected chi connectivity index (χ0v) is 17.9. The van der Waals surface area contributed by atoms with E-state index in [4.69, 9.17) is 0 Å². The number of hydrogen-bond donors (Lipinski definition) is 1. The number of nitrogens with zero attached hydrogens (tertiary/aromatic N) is 5. The lowest BCUT2D eigenvalue weighted by molar-refractivity contribution is -0.114. The Balaban J connectivity index is 1.56. The molecule has 152 valence electrons. The SMILES string of the molecule is Cc1cc(Br)ccc1NC(=O)CN(C)c1ccc2nnc(-c3ccccc3F)n2n1. The Hall–Kier alpha value is -3.33. The number of nitrogens with one attached hydrogen (secondary N) is 1. The molecule has 0 fully saturated rings. The first-order valence-electron chi connectivity index (χ1n) is 9.17. The molecule has 30 heavy (non-hydrogen) atoms. The molecule has 2 heterocycles. The molecule has 4 aromatic rings. The second-order valence-electron chi connectivity index (χ2n) is 6.83. The standard InChI is InChI=1S/C21H18BrFN6O/c1-13-11-14(22)7-8-17(13)24-20(30)12-28(2)19-10-9-18-25-26-21(29(18)27-19)15-5-3-4-6-16(15)23/h3-11H,12H2,1-2H3,(H,24,30). The van der Waals surface area contributed by atoms with Gasteiger partial charge in [-0.15, -0.1) is 15.3 Å². The molecule has 0 aliphatic rings. The topological polar surface area (TPSA) is 75.4 Å². The van der Waals surface area contributed by atoms with E-state index in [0.29, 0.717) is 22.9 Å². The van der Waals surface area contributed by atoms with E-state index in [2.05, 4.69) is 36.5 Å². The summed E-state index contributed by atoms with van der Waals surface area (Å²) in [6.45, 7) is 2.01. The van der Waals surface area contributed by atoms with Crippen LogP contribution in [0.2, 0.25) is 0 Å². The lowest BCUT2D eigenvalue weighted by atomic mass is 10.2. The molecule has 1 amide bonds. The number of aryl methyl sites for hydroxylation is 1. The van der Waals surface area contributed by atoms with Gasteiger partial charge in [-0.1, -0.05) is 28.1 Å². The van der Waals surface area contributed by atoms with Crippen molar-refractivity contribution >= 4 is 39.0 Å². The van der Waals surface area contributed by atoms with Gasteiger partial charge in [0, 0.05) is 17.2 Å². The molecule has 0 bridgehead atoms. The lowest BCUT2D eigenvalue weighted by Crippen LogP contribution is -2.31. The van der Waals surface area contributed by atoms with Crippen molar-refractivity contribution < 1.29 is 9.18 Å². The molecule has 4 rings (SSSR count). The molecule has 0 saturated heterocycles. The molecule has 0 radical (unpaired) electrons. The number of aromatic nitrogens is 4. The predicted molar refractivity (Wildman–Crippen MR) is 117 cm³/mol. The summed E-state index contributed by atoms with van der Waals surface area (Å²) in [7, 11) is 1.76. The number of carbonyl (C=O) groups excluding carboxylic acids is 1. The van der Waals surface area contributed by atoms with Crippen LogP contribution in [-0.4, -0.2) is 39.3 Å². The van der Waals surface area contributed by atoms with Crippen molar-refractivity contribution in [2.75, 3.05) is 23.8 Å². The molecule has 7 nitrogen and oxygen atoms in total. The maximum atomic E-state index is 14.2. The van der Waals surface area contributed by atoms with Gasteiger partial charge in [0.25, 0.3) is 0 Å². The van der Waals surface area contributed by atoms with Gasteiger partial charge < -0.3 is 10.2 Å². The average Bonchev–Trinajstić information content (AvgIpc) is 3.13. The number of benzene rings is 2. The van der Waals surface area contributed by atoms with E-state index in [-0.39, 0.29) is 12.5 Å². The van der Waals surface area contributed by atoms with E-state index >= 15 is 0 Å². The zero-order valence-electron chi connectivity index (χ0n) is 16.3. The summed E-state index contributed by atoms with van der Waals surface area (Å²) in [6, 6.07) is 15.5. The first-order chi connectivity index (χ1) is 14.4. The van der Waals surface area contributed by atoms with Crippen molar-refractivity contribution in [2.45, 2.75) is 6.92 Å². The van der Waals surface area contributed by atoms with Gasteiger partial charge in [-0.3, -0.25) is 4.79 Å². The van der Waals surface area contributed by atoms with Gasteiger partial charge in [0.15, 0.2) is 11.5 Å². The Labute approximate surface area is 180 Å². The zero-order chi connectivity index (χ0) is 21.3. The Morgan fingerprint density at radius 2 is 1.97 bits per heavy atom. The molecule has 0 saturated carbocycles. The molecular weight excluding hydrogens is 451 g/mol. The number of halogens is 2. The van der Waals surface area contributed by atoms with Crippen LogP contribution in [0.15, 0.2) is 59.1 Å². The highest BCUT2D eigenvalue weighted by atomic mass is 79.9. The van der Waals surface area contributed by atoms with Crippen LogP contribution in [0.3, 0.4) is 0 Å². The van der Waals surface area contributed by atoms with Crippen LogP contribution in [0.1, 0.15) is 5.56 Å². The third-order valence-corrected chi connectivity index (χ3v) is 5.09. The third kappa shape index (κ3) is 4.02. The monoisotopic (exact) mass is 468 g/mol. The molecule has 9 heteroatoms. The molecule has 2 aromatic carbocycles. The van der Waals surface area contributed by atoms with Gasteiger partial charge >= 0.3 is 0 Å². The van der Waals surface area contributed by atoms with Crippen molar-refractivity contribution in [3.63, 3.8) is 0 Å². The molecule has 0 spiro atoms. The summed E-state index contributed by atoms with van der Waals surface area (Å²) in [4.78, 5) is 14.2.